The summed E-state index contributed by atoms with van der Waals surface area (Å²) in [5, 5.41) is 17.2. The Hall–Kier alpha value is -5.99. The molecule has 0 amide bonds. The molecule has 7 rings (SSSR count). The minimum atomic E-state index is -4.65. The number of Topliss-reactive ketones (excluding diaryl/α,β-unsaturated/α-hetero) is 6. The van der Waals surface area contributed by atoms with E-state index in [1.807, 2.05) is 0 Å². The van der Waals surface area contributed by atoms with Crippen molar-refractivity contribution in [3.8, 4) is 5.88 Å². The number of aromatic nitrogens is 2. The van der Waals surface area contributed by atoms with Crippen molar-refractivity contribution in [2.24, 2.45) is 24.0 Å². The van der Waals surface area contributed by atoms with Gasteiger partial charge in [-0.25, -0.2) is 29.9 Å². The van der Waals surface area contributed by atoms with E-state index in [2.05, 4.69) is 15.0 Å². The van der Waals surface area contributed by atoms with Gasteiger partial charge in [-0.2, -0.15) is 18.3 Å². The average molecular weight is 1130 g/mol. The number of alkyl halides is 3. The highest BCUT2D eigenvalue weighted by atomic mass is 35.5. The molecule has 2 saturated carbocycles. The van der Waals surface area contributed by atoms with Crippen LogP contribution in [0.25, 0.3) is 0 Å². The molecule has 0 saturated heterocycles. The van der Waals surface area contributed by atoms with Gasteiger partial charge in [-0.3, -0.25) is 33.6 Å². The van der Waals surface area contributed by atoms with E-state index < -0.39 is 111 Å². The van der Waals surface area contributed by atoms with Crippen molar-refractivity contribution >= 4 is 98.9 Å². The number of aromatic hydroxyl groups is 1. The van der Waals surface area contributed by atoms with Crippen LogP contribution >= 0.6 is 23.2 Å². The molecule has 398 valence electrons. The Morgan fingerprint density at radius 2 is 1.24 bits per heavy atom. The van der Waals surface area contributed by atoms with Gasteiger partial charge in [0.2, 0.25) is 5.88 Å². The van der Waals surface area contributed by atoms with E-state index in [1.54, 1.807) is 6.92 Å². The lowest BCUT2D eigenvalue weighted by Crippen LogP contribution is -2.35. The molecule has 1 N–H and O–H groups in total. The van der Waals surface area contributed by atoms with Crippen molar-refractivity contribution in [3.63, 3.8) is 0 Å². The van der Waals surface area contributed by atoms with Gasteiger partial charge < -0.3 is 14.7 Å². The van der Waals surface area contributed by atoms with Gasteiger partial charge in [0.1, 0.15) is 30.6 Å². The summed E-state index contributed by atoms with van der Waals surface area (Å²) in [5.74, 6) is -7.05. The second-order valence-corrected chi connectivity index (χ2v) is 24.0. The number of halogens is 5. The van der Waals surface area contributed by atoms with Gasteiger partial charge in [-0.05, 0) is 67.8 Å². The van der Waals surface area contributed by atoms with E-state index in [-0.39, 0.29) is 74.2 Å². The number of aryl methyl sites for hydroxylation is 1. The Balaban J connectivity index is 0.000000208. The van der Waals surface area contributed by atoms with Gasteiger partial charge in [0.05, 0.1) is 43.2 Å². The van der Waals surface area contributed by atoms with E-state index in [4.69, 9.17) is 28.0 Å². The summed E-state index contributed by atoms with van der Waals surface area (Å²) < 4.78 is 114. The third-order valence-corrected chi connectivity index (χ3v) is 15.8. The number of nitrogens with zero attached hydrogens (tertiary/aromatic N) is 3. The molecule has 3 aromatic carbocycles. The van der Waals surface area contributed by atoms with Crippen LogP contribution in [0.2, 0.25) is 10.0 Å². The van der Waals surface area contributed by atoms with E-state index >= 15 is 0 Å². The first-order chi connectivity index (χ1) is 34.3. The molecule has 2 fully saturated rings. The molecule has 74 heavy (non-hydrogen) atoms. The maximum Gasteiger partial charge on any atom is 0.411 e. The maximum absolute atomic E-state index is 12.8. The van der Waals surface area contributed by atoms with Crippen LogP contribution in [0.5, 0.6) is 5.88 Å². The number of ketones is 7. The van der Waals surface area contributed by atoms with E-state index in [9.17, 15) is 77.1 Å². The molecule has 4 aromatic rings. The Morgan fingerprint density at radius 3 is 1.69 bits per heavy atom. The highest BCUT2D eigenvalue weighted by molar-refractivity contribution is 7.91. The van der Waals surface area contributed by atoms with Crippen LogP contribution in [-0.2, 0) is 71.9 Å². The fourth-order valence-electron chi connectivity index (χ4n) is 8.00. The minimum absolute atomic E-state index is 0.00216. The zero-order chi connectivity index (χ0) is 55.4. The van der Waals surface area contributed by atoms with Gasteiger partial charge in [-0.1, -0.05) is 28.4 Å². The van der Waals surface area contributed by atoms with Gasteiger partial charge in [0.15, 0.2) is 70.0 Å². The van der Waals surface area contributed by atoms with Gasteiger partial charge in [0.25, 0.3) is 0 Å². The molecule has 27 heteroatoms. The van der Waals surface area contributed by atoms with E-state index in [0.717, 1.165) is 37.0 Å². The second-order valence-electron chi connectivity index (χ2n) is 17.2. The number of carbonyl (C=O) groups excluding carboxylic acids is 7. The number of sulfone groups is 3. The van der Waals surface area contributed by atoms with Crippen LogP contribution in [0, 0.1) is 18.8 Å². The van der Waals surface area contributed by atoms with Gasteiger partial charge >= 0.3 is 6.18 Å². The fraction of sp³-hybridized carbons (Fsp3) is 0.383. The van der Waals surface area contributed by atoms with Crippen LogP contribution in [0.3, 0.4) is 0 Å². The molecule has 1 aliphatic heterocycles. The molecule has 19 nitrogen and oxygen atoms in total. The number of ether oxygens (including phenoxy) is 1. The molecular formula is C47H46Cl2F3N3O16S3. The monoisotopic (exact) mass is 1130 g/mol. The highest BCUT2D eigenvalue weighted by Gasteiger charge is 2.39. The number of carbonyl (C=O) groups is 7. The standard InChI is InChI=1S/C17H16ClF3O6S.C16H17N3O5S.C14H13ClO5S/c1-28(25,26)13-6-5-9(15(18)10(13)7-27-8-17(19,20)21)16(24)14-11(22)3-2-4-12(14)23;1-9-10(15(20)11-8-17-19(2)16(11)21)4-5-13(25(3,22)23)14(9)12-6-7-24-18-12;1-21(19,20)8-5-6-9(10(15)7-8)14(18)13-11(16)3-2-4-12(13)17/h5-6,14H,2-4,7-8H2,1H3;4-5,8,21H,6-7H2,1-3H3;5-7,13H,2-4H2,1H3. The second kappa shape index (κ2) is 23.3. The predicted octanol–water partition coefficient (Wildman–Crippen LogP) is 6.00. The molecule has 0 spiro atoms. The molecule has 3 aliphatic rings. The van der Waals surface area contributed by atoms with Crippen LogP contribution in [-0.4, -0.2) is 124 Å². The lowest BCUT2D eigenvalue weighted by molar-refractivity contribution is -0.176. The number of hydrogen-bond donors (Lipinski definition) is 1. The topological polar surface area (TPSA) is 291 Å². The number of rotatable bonds is 13. The summed E-state index contributed by atoms with van der Waals surface area (Å²) in [7, 11) is -9.35. The van der Waals surface area contributed by atoms with Crippen LogP contribution < -0.4 is 0 Å². The van der Waals surface area contributed by atoms with Gasteiger partial charge in [0, 0.05) is 85.7 Å². The summed E-state index contributed by atoms with van der Waals surface area (Å²) in [4.78, 5) is 90.0. The SMILES string of the molecule is CS(=O)(=O)c1ccc(C(=O)C2C(=O)CCCC2=O)c(Cl)c1.CS(=O)(=O)c1ccc(C(=O)C2C(=O)CCCC2=O)c(Cl)c1COCC(F)(F)F.Cc1c(C(=O)c2cnn(C)c2O)ccc(S(C)(=O)=O)c1C1=NOCC1. The molecule has 0 bridgehead atoms. The lowest BCUT2D eigenvalue weighted by Gasteiger charge is -2.20. The maximum atomic E-state index is 12.8. The predicted molar refractivity (Wildman–Crippen MR) is 258 cm³/mol. The third-order valence-electron chi connectivity index (χ3n) is 11.6. The van der Waals surface area contributed by atoms with Crippen molar-refractivity contribution < 1.29 is 86.7 Å². The average Bonchev–Trinajstić information content (AvgIpc) is 3.94. The van der Waals surface area contributed by atoms with Crippen LogP contribution in [0.15, 0.2) is 68.5 Å². The first kappa shape index (κ1) is 58.9. The first-order valence-corrected chi connectivity index (χ1v) is 28.3. The molecular weight excluding hydrogens is 1090 g/mol. The molecule has 0 atom stereocenters. The summed E-state index contributed by atoms with van der Waals surface area (Å²) >= 11 is 12.0. The molecule has 2 heterocycles. The minimum Gasteiger partial charge on any atom is -0.493 e. The summed E-state index contributed by atoms with van der Waals surface area (Å²) in [5.41, 5.74) is 1.02. The Morgan fingerprint density at radius 1 is 0.743 bits per heavy atom. The van der Waals surface area contributed by atoms with E-state index in [1.165, 1.54) is 42.2 Å². The first-order valence-electron chi connectivity index (χ1n) is 21.9. The summed E-state index contributed by atoms with van der Waals surface area (Å²) in [6.45, 7) is -0.455. The molecule has 1 aromatic heterocycles. The molecule has 0 unspecified atom stereocenters. The van der Waals surface area contributed by atoms with Crippen molar-refractivity contribution in [2.45, 2.75) is 79.3 Å². The molecule has 0 radical (unpaired) electrons. The van der Waals surface area contributed by atoms with Crippen molar-refractivity contribution in [3.05, 3.63) is 97.7 Å². The summed E-state index contributed by atoms with van der Waals surface area (Å²) in [6.07, 6.45) is 1.31. The van der Waals surface area contributed by atoms with Crippen LogP contribution in [0.1, 0.15) is 98.3 Å². The normalized spacial score (nSPS) is 15.9. The van der Waals surface area contributed by atoms with Crippen molar-refractivity contribution in [1.82, 2.24) is 9.78 Å². The molecule has 2 aliphatic carbocycles. The Labute approximate surface area is 432 Å². The zero-order valence-corrected chi connectivity index (χ0v) is 43.8. The Kier molecular flexibility index (Phi) is 18.5. The zero-order valence-electron chi connectivity index (χ0n) is 39.9. The number of hydrogen-bond acceptors (Lipinski definition) is 18. The van der Waals surface area contributed by atoms with Crippen LogP contribution in [0.4, 0.5) is 13.2 Å². The lowest BCUT2D eigenvalue weighted by atomic mass is 9.81. The van der Waals surface area contributed by atoms with Crippen molar-refractivity contribution in [2.75, 3.05) is 32.0 Å². The number of oxime groups is 1. The quantitative estimate of drug-likeness (QED) is 0.119. The highest BCUT2D eigenvalue weighted by Crippen LogP contribution is 2.34. The van der Waals surface area contributed by atoms with Gasteiger partial charge in [-0.15, -0.1) is 0 Å². The number of benzene rings is 3. The third kappa shape index (κ3) is 13.8. The summed E-state index contributed by atoms with van der Waals surface area (Å²) in [6, 6.07) is 8.52. The Bertz CT molecular complexity index is 3340. The van der Waals surface area contributed by atoms with Crippen molar-refractivity contribution in [1.29, 1.82) is 0 Å². The smallest absolute Gasteiger partial charge is 0.411 e. The largest absolute Gasteiger partial charge is 0.493 e. The van der Waals surface area contributed by atoms with E-state index in [0.29, 0.717) is 42.7 Å². The fourth-order valence-corrected chi connectivity index (χ4v) is 11.2.